The molecule has 2 N–H and O–H groups in total. The van der Waals surface area contributed by atoms with Gasteiger partial charge >= 0.3 is 6.03 Å². The topological polar surface area (TPSA) is 68.8 Å². The molecule has 144 valence electrons. The molecule has 0 radical (unpaired) electrons. The van der Waals surface area contributed by atoms with Crippen molar-refractivity contribution in [1.29, 1.82) is 0 Å². The molecule has 0 spiro atoms. The quantitative estimate of drug-likeness (QED) is 0.819. The summed E-state index contributed by atoms with van der Waals surface area (Å²) in [5, 5.41) is 6.09. The van der Waals surface area contributed by atoms with E-state index in [0.29, 0.717) is 6.61 Å². The fraction of sp³-hybridized carbons (Fsp3) is 0.381. The number of ether oxygens (including phenoxy) is 3. The molecule has 0 aliphatic carbocycles. The first-order chi connectivity index (χ1) is 13.2. The number of amides is 2. The Kier molecular flexibility index (Phi) is 6.54. The molecule has 2 amide bonds. The average Bonchev–Trinajstić information content (AvgIpc) is 2.73. The van der Waals surface area contributed by atoms with E-state index in [2.05, 4.69) is 10.6 Å². The zero-order valence-electron chi connectivity index (χ0n) is 15.7. The van der Waals surface area contributed by atoms with Gasteiger partial charge in [0.15, 0.2) is 0 Å². The molecular weight excluding hydrogens is 344 g/mol. The number of benzene rings is 2. The van der Waals surface area contributed by atoms with Crippen LogP contribution in [-0.4, -0.2) is 39.5 Å². The maximum atomic E-state index is 12.6. The van der Waals surface area contributed by atoms with Crippen LogP contribution in [0.25, 0.3) is 0 Å². The third-order valence-electron chi connectivity index (χ3n) is 4.63. The van der Waals surface area contributed by atoms with Crippen LogP contribution in [0.2, 0.25) is 0 Å². The summed E-state index contributed by atoms with van der Waals surface area (Å²) in [5.41, 5.74) is 1.86. The zero-order chi connectivity index (χ0) is 19.1. The van der Waals surface area contributed by atoms with Crippen LogP contribution in [0.15, 0.2) is 48.5 Å². The molecule has 2 aromatic carbocycles. The van der Waals surface area contributed by atoms with E-state index >= 15 is 0 Å². The number of carbonyl (C=O) groups excluding carboxylic acids is 1. The van der Waals surface area contributed by atoms with Gasteiger partial charge in [0.25, 0.3) is 0 Å². The van der Waals surface area contributed by atoms with E-state index in [1.807, 2.05) is 48.5 Å². The van der Waals surface area contributed by atoms with Gasteiger partial charge in [-0.05, 0) is 48.2 Å². The Hall–Kier alpha value is -2.73. The minimum absolute atomic E-state index is 0.0371. The first-order valence-electron chi connectivity index (χ1n) is 9.12. The normalized spacial score (nSPS) is 16.6. The number of carbonyl (C=O) groups is 1. The number of methoxy groups -OCH3 is 2. The van der Waals surface area contributed by atoms with Crippen LogP contribution in [0, 0.1) is 0 Å². The van der Waals surface area contributed by atoms with Gasteiger partial charge in [-0.25, -0.2) is 4.79 Å². The number of hydrogen-bond donors (Lipinski definition) is 2. The Balaban J connectivity index is 1.83. The summed E-state index contributed by atoms with van der Waals surface area (Å²) in [5.74, 6) is 1.48. The maximum absolute atomic E-state index is 12.6. The van der Waals surface area contributed by atoms with Crippen LogP contribution in [0.5, 0.6) is 11.5 Å². The van der Waals surface area contributed by atoms with Crippen molar-refractivity contribution < 1.29 is 19.0 Å². The van der Waals surface area contributed by atoms with Crippen molar-refractivity contribution in [1.82, 2.24) is 10.6 Å². The minimum atomic E-state index is -0.334. The van der Waals surface area contributed by atoms with Crippen molar-refractivity contribution in [3.8, 4) is 11.5 Å². The fourth-order valence-corrected chi connectivity index (χ4v) is 3.21. The Morgan fingerprint density at radius 2 is 1.70 bits per heavy atom. The van der Waals surface area contributed by atoms with Gasteiger partial charge in [-0.15, -0.1) is 0 Å². The highest BCUT2D eigenvalue weighted by atomic mass is 16.5. The van der Waals surface area contributed by atoms with Crippen LogP contribution in [0.4, 0.5) is 4.79 Å². The lowest BCUT2D eigenvalue weighted by atomic mass is 9.98. The fourth-order valence-electron chi connectivity index (χ4n) is 3.21. The third-order valence-corrected chi connectivity index (χ3v) is 4.63. The monoisotopic (exact) mass is 370 g/mol. The first-order valence-corrected chi connectivity index (χ1v) is 9.12. The molecule has 6 nitrogen and oxygen atoms in total. The summed E-state index contributed by atoms with van der Waals surface area (Å²) < 4.78 is 16.1. The van der Waals surface area contributed by atoms with E-state index in [4.69, 9.17) is 14.2 Å². The lowest BCUT2D eigenvalue weighted by molar-refractivity contribution is 0.0731. The van der Waals surface area contributed by atoms with Crippen molar-refractivity contribution in [2.45, 2.75) is 24.9 Å². The van der Waals surface area contributed by atoms with Gasteiger partial charge < -0.3 is 24.8 Å². The summed E-state index contributed by atoms with van der Waals surface area (Å²) in [6.45, 7) is 1.31. The predicted octanol–water partition coefficient (Wildman–Crippen LogP) is 3.27. The Labute approximate surface area is 159 Å². The first kappa shape index (κ1) is 19.0. The molecule has 1 fully saturated rings. The Morgan fingerprint density at radius 1 is 1.07 bits per heavy atom. The van der Waals surface area contributed by atoms with Gasteiger partial charge in [0, 0.05) is 6.61 Å². The van der Waals surface area contributed by atoms with E-state index < -0.39 is 0 Å². The number of rotatable bonds is 6. The van der Waals surface area contributed by atoms with E-state index in [-0.39, 0.29) is 18.1 Å². The molecule has 27 heavy (non-hydrogen) atoms. The smallest absolute Gasteiger partial charge is 0.315 e. The van der Waals surface area contributed by atoms with Crippen molar-refractivity contribution >= 4 is 6.03 Å². The van der Waals surface area contributed by atoms with Crippen LogP contribution >= 0.6 is 0 Å². The summed E-state index contributed by atoms with van der Waals surface area (Å²) in [6.07, 6.45) is 1.89. The van der Waals surface area contributed by atoms with Crippen LogP contribution in [0.3, 0.4) is 0 Å². The summed E-state index contributed by atoms with van der Waals surface area (Å²) in [4.78, 5) is 12.6. The second-order valence-corrected chi connectivity index (χ2v) is 6.52. The lowest BCUT2D eigenvalue weighted by Gasteiger charge is -2.26. The molecule has 1 unspecified atom stereocenters. The third kappa shape index (κ3) is 5.14. The van der Waals surface area contributed by atoms with E-state index in [0.717, 1.165) is 42.1 Å². The van der Waals surface area contributed by atoms with E-state index in [1.165, 1.54) is 0 Å². The van der Waals surface area contributed by atoms with E-state index in [9.17, 15) is 4.79 Å². The number of hydrogen-bond acceptors (Lipinski definition) is 4. The highest BCUT2D eigenvalue weighted by molar-refractivity contribution is 5.75. The lowest BCUT2D eigenvalue weighted by Crippen LogP contribution is -2.46. The zero-order valence-corrected chi connectivity index (χ0v) is 15.7. The standard InChI is InChI=1S/C21H26N2O4/c1-25-18-9-3-6-15(12-18)20(16-7-4-10-19(13-16)26-2)23-21(24)22-17-8-5-11-27-14-17/h3-4,6-7,9-10,12-13,17,20H,5,8,11,14H2,1-2H3,(H2,22,23,24). The summed E-state index contributed by atoms with van der Waals surface area (Å²) in [7, 11) is 3.26. The average molecular weight is 370 g/mol. The second kappa shape index (κ2) is 9.28. The molecule has 0 aromatic heterocycles. The number of nitrogens with one attached hydrogen (secondary N) is 2. The molecule has 1 aliphatic rings. The molecule has 1 atom stereocenters. The van der Waals surface area contributed by atoms with Crippen LogP contribution in [-0.2, 0) is 4.74 Å². The summed E-state index contributed by atoms with van der Waals surface area (Å²) >= 11 is 0. The van der Waals surface area contributed by atoms with Crippen LogP contribution in [0.1, 0.15) is 30.0 Å². The molecule has 2 aromatic rings. The second-order valence-electron chi connectivity index (χ2n) is 6.52. The van der Waals surface area contributed by atoms with E-state index in [1.54, 1.807) is 14.2 Å². The van der Waals surface area contributed by atoms with Gasteiger partial charge in [-0.3, -0.25) is 0 Å². The molecule has 1 heterocycles. The van der Waals surface area contributed by atoms with Gasteiger partial charge in [0.2, 0.25) is 0 Å². The van der Waals surface area contributed by atoms with Gasteiger partial charge in [-0.1, -0.05) is 24.3 Å². The maximum Gasteiger partial charge on any atom is 0.315 e. The Morgan fingerprint density at radius 3 is 2.22 bits per heavy atom. The molecule has 1 aliphatic heterocycles. The van der Waals surface area contributed by atoms with Crippen molar-refractivity contribution in [3.05, 3.63) is 59.7 Å². The summed E-state index contributed by atoms with van der Waals surface area (Å²) in [6, 6.07) is 14.9. The molecule has 1 saturated heterocycles. The van der Waals surface area contributed by atoms with Crippen molar-refractivity contribution in [2.75, 3.05) is 27.4 Å². The van der Waals surface area contributed by atoms with Crippen molar-refractivity contribution in [2.24, 2.45) is 0 Å². The Bertz CT molecular complexity index is 712. The molecular formula is C21H26N2O4. The predicted molar refractivity (Wildman–Crippen MR) is 103 cm³/mol. The van der Waals surface area contributed by atoms with Gasteiger partial charge in [-0.2, -0.15) is 0 Å². The largest absolute Gasteiger partial charge is 0.497 e. The minimum Gasteiger partial charge on any atom is -0.497 e. The van der Waals surface area contributed by atoms with Gasteiger partial charge in [0.1, 0.15) is 11.5 Å². The highest BCUT2D eigenvalue weighted by Gasteiger charge is 2.21. The molecule has 0 bridgehead atoms. The van der Waals surface area contributed by atoms with Crippen molar-refractivity contribution in [3.63, 3.8) is 0 Å². The van der Waals surface area contributed by atoms with Crippen LogP contribution < -0.4 is 20.1 Å². The molecule has 6 heteroatoms. The molecule has 3 rings (SSSR count). The van der Waals surface area contributed by atoms with Gasteiger partial charge in [0.05, 0.1) is 32.9 Å². The highest BCUT2D eigenvalue weighted by Crippen LogP contribution is 2.27. The number of urea groups is 1. The molecule has 0 saturated carbocycles. The SMILES string of the molecule is COc1cccc(C(NC(=O)NC2CCCOC2)c2cccc(OC)c2)c1.